The van der Waals surface area contributed by atoms with Crippen molar-refractivity contribution in [2.24, 2.45) is 11.3 Å². The van der Waals surface area contributed by atoms with Gasteiger partial charge in [0.25, 0.3) is 0 Å². The molecule has 1 aliphatic carbocycles. The van der Waals surface area contributed by atoms with Gasteiger partial charge in [-0.15, -0.1) is 0 Å². The van der Waals surface area contributed by atoms with Gasteiger partial charge in [0.2, 0.25) is 0 Å². The number of carbonyl (C=O) groups is 2. The van der Waals surface area contributed by atoms with E-state index in [1.807, 2.05) is 0 Å². The van der Waals surface area contributed by atoms with Crippen molar-refractivity contribution in [3.63, 3.8) is 0 Å². The Hall–Kier alpha value is -1.26. The molecule has 0 bridgehead atoms. The molecule has 0 aromatic carbocycles. The van der Waals surface area contributed by atoms with Crippen molar-refractivity contribution < 1.29 is 14.7 Å². The summed E-state index contributed by atoms with van der Waals surface area (Å²) in [6.45, 7) is 6.29. The first-order valence-electron chi connectivity index (χ1n) is 6.11. The molecule has 98 valence electrons. The summed E-state index contributed by atoms with van der Waals surface area (Å²) >= 11 is 0. The standard InChI is InChI=1S/C12H22N2O3/c1-8(2)9(10(15)16)14-11(17)13-7-12(3)5-4-6-12/h8-9H,4-7H2,1-3H3,(H,15,16)(H2,13,14,17). The van der Waals surface area contributed by atoms with Gasteiger partial charge in [0.15, 0.2) is 0 Å². The van der Waals surface area contributed by atoms with Gasteiger partial charge in [0, 0.05) is 6.54 Å². The zero-order chi connectivity index (χ0) is 13.1. The van der Waals surface area contributed by atoms with Crippen LogP contribution in [-0.2, 0) is 4.79 Å². The first-order valence-corrected chi connectivity index (χ1v) is 6.11. The molecule has 1 fully saturated rings. The number of urea groups is 1. The molecule has 1 unspecified atom stereocenters. The van der Waals surface area contributed by atoms with E-state index in [0.717, 1.165) is 12.8 Å². The van der Waals surface area contributed by atoms with Crippen LogP contribution in [0.4, 0.5) is 4.79 Å². The summed E-state index contributed by atoms with van der Waals surface area (Å²) < 4.78 is 0. The molecule has 0 heterocycles. The minimum atomic E-state index is -0.995. The van der Waals surface area contributed by atoms with E-state index in [-0.39, 0.29) is 17.4 Å². The average molecular weight is 242 g/mol. The lowest BCUT2D eigenvalue weighted by Crippen LogP contribution is -2.51. The number of carbonyl (C=O) groups excluding carboxylic acids is 1. The minimum absolute atomic E-state index is 0.127. The van der Waals surface area contributed by atoms with E-state index in [1.54, 1.807) is 13.8 Å². The highest BCUT2D eigenvalue weighted by atomic mass is 16.4. The quantitative estimate of drug-likeness (QED) is 0.685. The number of hydrogen-bond donors (Lipinski definition) is 3. The lowest BCUT2D eigenvalue weighted by molar-refractivity contribution is -0.140. The molecule has 0 radical (unpaired) electrons. The Morgan fingerprint density at radius 2 is 1.94 bits per heavy atom. The van der Waals surface area contributed by atoms with Crippen molar-refractivity contribution in [1.29, 1.82) is 0 Å². The Labute approximate surface area is 102 Å². The van der Waals surface area contributed by atoms with E-state index < -0.39 is 12.0 Å². The molecule has 0 saturated heterocycles. The Kier molecular flexibility index (Phi) is 4.37. The van der Waals surface area contributed by atoms with Crippen molar-refractivity contribution in [3.8, 4) is 0 Å². The van der Waals surface area contributed by atoms with Crippen LogP contribution in [0.15, 0.2) is 0 Å². The molecular weight excluding hydrogens is 220 g/mol. The molecular formula is C12H22N2O3. The molecule has 1 atom stereocenters. The highest BCUT2D eigenvalue weighted by Crippen LogP contribution is 2.39. The average Bonchev–Trinajstić information content (AvgIpc) is 2.19. The maximum Gasteiger partial charge on any atom is 0.326 e. The van der Waals surface area contributed by atoms with Crippen molar-refractivity contribution in [1.82, 2.24) is 10.6 Å². The molecule has 3 N–H and O–H groups in total. The van der Waals surface area contributed by atoms with Gasteiger partial charge in [0.05, 0.1) is 0 Å². The topological polar surface area (TPSA) is 78.4 Å². The number of hydrogen-bond acceptors (Lipinski definition) is 2. The second kappa shape index (κ2) is 5.38. The van der Waals surface area contributed by atoms with Gasteiger partial charge in [-0.2, -0.15) is 0 Å². The molecule has 0 spiro atoms. The number of carboxylic acid groups (broad SMARTS) is 1. The zero-order valence-corrected chi connectivity index (χ0v) is 10.7. The van der Waals surface area contributed by atoms with Gasteiger partial charge in [-0.25, -0.2) is 9.59 Å². The van der Waals surface area contributed by atoms with Crippen LogP contribution < -0.4 is 10.6 Å². The number of amides is 2. The Morgan fingerprint density at radius 1 is 1.35 bits per heavy atom. The van der Waals surface area contributed by atoms with Gasteiger partial charge in [-0.3, -0.25) is 0 Å². The first-order chi connectivity index (χ1) is 7.84. The van der Waals surface area contributed by atoms with Crippen LogP contribution in [0.1, 0.15) is 40.0 Å². The lowest BCUT2D eigenvalue weighted by atomic mass is 9.70. The summed E-state index contributed by atoms with van der Waals surface area (Å²) in [5.41, 5.74) is 0.202. The highest BCUT2D eigenvalue weighted by molar-refractivity contribution is 5.82. The fraction of sp³-hybridized carbons (Fsp3) is 0.833. The Balaban J connectivity index is 2.34. The van der Waals surface area contributed by atoms with E-state index in [4.69, 9.17) is 5.11 Å². The second-order valence-corrected chi connectivity index (χ2v) is 5.55. The van der Waals surface area contributed by atoms with Crippen LogP contribution in [0.5, 0.6) is 0 Å². The molecule has 2 amide bonds. The van der Waals surface area contributed by atoms with Crippen LogP contribution in [0, 0.1) is 11.3 Å². The minimum Gasteiger partial charge on any atom is -0.480 e. The van der Waals surface area contributed by atoms with E-state index in [1.165, 1.54) is 6.42 Å². The van der Waals surface area contributed by atoms with Gasteiger partial charge >= 0.3 is 12.0 Å². The third-order valence-corrected chi connectivity index (χ3v) is 3.46. The summed E-state index contributed by atoms with van der Waals surface area (Å²) in [6, 6.07) is -1.22. The summed E-state index contributed by atoms with van der Waals surface area (Å²) in [4.78, 5) is 22.5. The number of nitrogens with one attached hydrogen (secondary N) is 2. The summed E-state index contributed by atoms with van der Waals surface area (Å²) in [6.07, 6.45) is 3.46. The van der Waals surface area contributed by atoms with E-state index >= 15 is 0 Å². The third-order valence-electron chi connectivity index (χ3n) is 3.46. The summed E-state index contributed by atoms with van der Waals surface area (Å²) in [5, 5.41) is 14.2. The van der Waals surface area contributed by atoms with Crippen LogP contribution in [0.25, 0.3) is 0 Å². The maximum atomic E-state index is 11.6. The van der Waals surface area contributed by atoms with Gasteiger partial charge in [0.1, 0.15) is 6.04 Å². The molecule has 1 rings (SSSR count). The molecule has 0 aromatic heterocycles. The normalized spacial score (nSPS) is 19.3. The van der Waals surface area contributed by atoms with Crippen molar-refractivity contribution in [2.75, 3.05) is 6.54 Å². The second-order valence-electron chi connectivity index (χ2n) is 5.55. The van der Waals surface area contributed by atoms with Crippen LogP contribution in [0.2, 0.25) is 0 Å². The van der Waals surface area contributed by atoms with Crippen molar-refractivity contribution >= 4 is 12.0 Å². The highest BCUT2D eigenvalue weighted by Gasteiger charge is 2.32. The van der Waals surface area contributed by atoms with E-state index in [0.29, 0.717) is 6.54 Å². The predicted octanol–water partition coefficient (Wildman–Crippen LogP) is 1.58. The molecule has 17 heavy (non-hydrogen) atoms. The molecule has 0 aromatic rings. The van der Waals surface area contributed by atoms with E-state index in [9.17, 15) is 9.59 Å². The third kappa shape index (κ3) is 3.91. The Morgan fingerprint density at radius 3 is 2.29 bits per heavy atom. The summed E-state index contributed by atoms with van der Waals surface area (Å²) in [7, 11) is 0. The fourth-order valence-corrected chi connectivity index (χ4v) is 1.96. The fourth-order valence-electron chi connectivity index (χ4n) is 1.96. The maximum absolute atomic E-state index is 11.6. The van der Waals surface area contributed by atoms with Crippen LogP contribution >= 0.6 is 0 Å². The molecule has 5 heteroatoms. The van der Waals surface area contributed by atoms with Crippen molar-refractivity contribution in [2.45, 2.75) is 46.1 Å². The zero-order valence-electron chi connectivity index (χ0n) is 10.7. The van der Waals surface area contributed by atoms with Gasteiger partial charge in [-0.05, 0) is 24.2 Å². The number of carboxylic acids is 1. The van der Waals surface area contributed by atoms with Gasteiger partial charge < -0.3 is 15.7 Å². The molecule has 1 aliphatic rings. The van der Waals surface area contributed by atoms with E-state index in [2.05, 4.69) is 17.6 Å². The number of aliphatic carboxylic acids is 1. The van der Waals surface area contributed by atoms with Crippen LogP contribution in [0.3, 0.4) is 0 Å². The van der Waals surface area contributed by atoms with Gasteiger partial charge in [-0.1, -0.05) is 27.2 Å². The van der Waals surface area contributed by atoms with Crippen molar-refractivity contribution in [3.05, 3.63) is 0 Å². The Bertz CT molecular complexity index is 298. The molecule has 0 aliphatic heterocycles. The predicted molar refractivity (Wildman–Crippen MR) is 64.8 cm³/mol. The SMILES string of the molecule is CC(C)C(NC(=O)NCC1(C)CCC1)C(=O)O. The monoisotopic (exact) mass is 242 g/mol. The first kappa shape index (κ1) is 13.8. The smallest absolute Gasteiger partial charge is 0.326 e. The molecule has 5 nitrogen and oxygen atoms in total. The van der Waals surface area contributed by atoms with Crippen LogP contribution in [-0.4, -0.2) is 29.7 Å². The summed E-state index contributed by atoms with van der Waals surface area (Å²) in [5.74, 6) is -1.12. The lowest BCUT2D eigenvalue weighted by Gasteiger charge is -2.38. The number of rotatable bonds is 5. The molecule has 1 saturated carbocycles. The largest absolute Gasteiger partial charge is 0.480 e.